The fourth-order valence-corrected chi connectivity index (χ4v) is 2.63. The van der Waals surface area contributed by atoms with Crippen molar-refractivity contribution in [1.82, 2.24) is 10.6 Å². The van der Waals surface area contributed by atoms with Crippen LogP contribution in [-0.4, -0.2) is 17.1 Å². The Kier molecular flexibility index (Phi) is 5.74. The number of hydrogen-bond acceptors (Lipinski definition) is 2. The highest BCUT2D eigenvalue weighted by molar-refractivity contribution is 7.80. The van der Waals surface area contributed by atoms with E-state index in [0.717, 1.165) is 18.4 Å². The number of amides is 1. The second kappa shape index (κ2) is 7.80. The average molecular weight is 288 g/mol. The molecule has 4 heteroatoms. The molecule has 0 aliphatic heterocycles. The lowest BCUT2D eigenvalue weighted by atomic mass is 9.96. The number of carbonyl (C=O) groups excluding carboxylic acids is 1. The zero-order chi connectivity index (χ0) is 14.2. The molecule has 0 heterocycles. The van der Waals surface area contributed by atoms with Crippen LogP contribution < -0.4 is 10.6 Å². The van der Waals surface area contributed by atoms with Gasteiger partial charge in [0.25, 0.3) is 0 Å². The first-order valence-corrected chi connectivity index (χ1v) is 7.49. The maximum atomic E-state index is 11.7. The topological polar surface area (TPSA) is 41.1 Å². The lowest BCUT2D eigenvalue weighted by molar-refractivity contribution is -0.115. The molecule has 2 N–H and O–H groups in total. The van der Waals surface area contributed by atoms with E-state index in [1.54, 1.807) is 6.08 Å². The molecule has 1 aliphatic carbocycles. The molecule has 1 aromatic rings. The average Bonchev–Trinajstić information content (AvgIpc) is 2.47. The zero-order valence-corrected chi connectivity index (χ0v) is 12.3. The third kappa shape index (κ3) is 5.13. The maximum Gasteiger partial charge on any atom is 0.250 e. The highest BCUT2D eigenvalue weighted by atomic mass is 32.1. The summed E-state index contributed by atoms with van der Waals surface area (Å²) in [6, 6.07) is 10.1. The van der Waals surface area contributed by atoms with Crippen molar-refractivity contribution in [3.63, 3.8) is 0 Å². The molecule has 2 rings (SSSR count). The molecule has 0 radical (unpaired) electrons. The first-order chi connectivity index (χ1) is 9.74. The molecule has 1 fully saturated rings. The molecule has 1 aromatic carbocycles. The van der Waals surface area contributed by atoms with Crippen LogP contribution in [0, 0.1) is 0 Å². The zero-order valence-electron chi connectivity index (χ0n) is 11.5. The number of hydrogen-bond donors (Lipinski definition) is 2. The smallest absolute Gasteiger partial charge is 0.250 e. The van der Waals surface area contributed by atoms with Crippen LogP contribution in [0.3, 0.4) is 0 Å². The van der Waals surface area contributed by atoms with Gasteiger partial charge < -0.3 is 5.32 Å². The van der Waals surface area contributed by atoms with Crippen LogP contribution in [0.2, 0.25) is 0 Å². The van der Waals surface area contributed by atoms with Gasteiger partial charge in [-0.2, -0.15) is 0 Å². The van der Waals surface area contributed by atoms with Gasteiger partial charge in [0.1, 0.15) is 0 Å². The third-order valence-corrected chi connectivity index (χ3v) is 3.62. The van der Waals surface area contributed by atoms with Crippen LogP contribution in [0.15, 0.2) is 36.4 Å². The van der Waals surface area contributed by atoms with E-state index in [1.807, 2.05) is 30.3 Å². The first kappa shape index (κ1) is 14.7. The van der Waals surface area contributed by atoms with E-state index in [-0.39, 0.29) is 5.91 Å². The summed E-state index contributed by atoms with van der Waals surface area (Å²) in [5.41, 5.74) is 0.994. The first-order valence-electron chi connectivity index (χ1n) is 7.08. The fraction of sp³-hybridized carbons (Fsp3) is 0.375. The van der Waals surface area contributed by atoms with Crippen molar-refractivity contribution in [3.05, 3.63) is 42.0 Å². The number of rotatable bonds is 3. The molecule has 0 saturated heterocycles. The largest absolute Gasteiger partial charge is 0.360 e. The van der Waals surface area contributed by atoms with Crippen molar-refractivity contribution in [3.8, 4) is 0 Å². The van der Waals surface area contributed by atoms with Crippen molar-refractivity contribution in [2.45, 2.75) is 38.1 Å². The van der Waals surface area contributed by atoms with Crippen molar-refractivity contribution >= 4 is 29.3 Å². The Morgan fingerprint density at radius 3 is 2.55 bits per heavy atom. The molecule has 0 atom stereocenters. The van der Waals surface area contributed by atoms with E-state index >= 15 is 0 Å². The van der Waals surface area contributed by atoms with Crippen LogP contribution in [0.5, 0.6) is 0 Å². The Morgan fingerprint density at radius 2 is 1.85 bits per heavy atom. The van der Waals surface area contributed by atoms with Crippen molar-refractivity contribution in [2.24, 2.45) is 0 Å². The minimum atomic E-state index is -0.192. The summed E-state index contributed by atoms with van der Waals surface area (Å²) in [7, 11) is 0. The van der Waals surface area contributed by atoms with Gasteiger partial charge in [-0.3, -0.25) is 10.1 Å². The van der Waals surface area contributed by atoms with Gasteiger partial charge in [-0.25, -0.2) is 0 Å². The van der Waals surface area contributed by atoms with E-state index in [2.05, 4.69) is 10.6 Å². The summed E-state index contributed by atoms with van der Waals surface area (Å²) >= 11 is 5.17. The van der Waals surface area contributed by atoms with Crippen LogP contribution in [0.4, 0.5) is 0 Å². The van der Waals surface area contributed by atoms with Gasteiger partial charge in [-0.15, -0.1) is 0 Å². The monoisotopic (exact) mass is 288 g/mol. The number of thiocarbonyl (C=S) groups is 1. The summed E-state index contributed by atoms with van der Waals surface area (Å²) < 4.78 is 0. The molecule has 0 aromatic heterocycles. The molecular weight excluding hydrogens is 268 g/mol. The van der Waals surface area contributed by atoms with E-state index in [0.29, 0.717) is 11.2 Å². The van der Waals surface area contributed by atoms with Crippen LogP contribution in [0.25, 0.3) is 6.08 Å². The van der Waals surface area contributed by atoms with Gasteiger partial charge in [0.05, 0.1) is 0 Å². The van der Waals surface area contributed by atoms with Gasteiger partial charge in [-0.05, 0) is 36.7 Å². The van der Waals surface area contributed by atoms with Gasteiger partial charge in [-0.1, -0.05) is 49.6 Å². The minimum absolute atomic E-state index is 0.192. The Bertz CT molecular complexity index is 479. The minimum Gasteiger partial charge on any atom is -0.360 e. The molecule has 20 heavy (non-hydrogen) atoms. The number of carbonyl (C=O) groups is 1. The Morgan fingerprint density at radius 1 is 1.15 bits per heavy atom. The summed E-state index contributed by atoms with van der Waals surface area (Å²) in [6.45, 7) is 0. The van der Waals surface area contributed by atoms with Crippen LogP contribution in [-0.2, 0) is 4.79 Å². The lowest BCUT2D eigenvalue weighted by Gasteiger charge is -2.23. The van der Waals surface area contributed by atoms with E-state index in [1.165, 1.54) is 25.3 Å². The van der Waals surface area contributed by atoms with E-state index < -0.39 is 0 Å². The molecular formula is C16H20N2OS. The number of benzene rings is 1. The molecule has 0 spiro atoms. The Balaban J connectivity index is 1.76. The van der Waals surface area contributed by atoms with Crippen molar-refractivity contribution < 1.29 is 4.79 Å². The summed E-state index contributed by atoms with van der Waals surface area (Å²) in [5, 5.41) is 6.34. The predicted octanol–water partition coefficient (Wildman–Crippen LogP) is 3.02. The van der Waals surface area contributed by atoms with Crippen LogP contribution in [0.1, 0.15) is 37.7 Å². The van der Waals surface area contributed by atoms with Gasteiger partial charge >= 0.3 is 0 Å². The standard InChI is InChI=1S/C16H20N2OS/c19-15(12-11-13-7-3-1-4-8-13)18-16(20)17-14-9-5-2-6-10-14/h1,3-4,7-8,11-12,14H,2,5-6,9-10H2,(H2,17,18,19,20)/b12-11-. The van der Waals surface area contributed by atoms with Crippen molar-refractivity contribution in [2.75, 3.05) is 0 Å². The van der Waals surface area contributed by atoms with E-state index in [4.69, 9.17) is 12.2 Å². The highest BCUT2D eigenvalue weighted by Crippen LogP contribution is 2.17. The maximum absolute atomic E-state index is 11.7. The quantitative estimate of drug-likeness (QED) is 0.663. The molecule has 1 saturated carbocycles. The second-order valence-corrected chi connectivity index (χ2v) is 5.45. The molecule has 3 nitrogen and oxygen atoms in total. The molecule has 1 amide bonds. The van der Waals surface area contributed by atoms with Gasteiger partial charge in [0.2, 0.25) is 5.91 Å². The van der Waals surface area contributed by atoms with Crippen molar-refractivity contribution in [1.29, 1.82) is 0 Å². The molecule has 0 bridgehead atoms. The third-order valence-electron chi connectivity index (χ3n) is 3.40. The normalized spacial score (nSPS) is 16.0. The van der Waals surface area contributed by atoms with Gasteiger partial charge in [0.15, 0.2) is 5.11 Å². The molecule has 106 valence electrons. The van der Waals surface area contributed by atoms with E-state index in [9.17, 15) is 4.79 Å². The Hall–Kier alpha value is -1.68. The lowest BCUT2D eigenvalue weighted by Crippen LogP contribution is -2.44. The van der Waals surface area contributed by atoms with Gasteiger partial charge in [0, 0.05) is 12.1 Å². The predicted molar refractivity (Wildman–Crippen MR) is 86.2 cm³/mol. The number of nitrogens with one attached hydrogen (secondary N) is 2. The van der Waals surface area contributed by atoms with Crippen LogP contribution >= 0.6 is 12.2 Å². The fourth-order valence-electron chi connectivity index (χ4n) is 2.36. The summed E-state index contributed by atoms with van der Waals surface area (Å²) in [4.78, 5) is 11.7. The molecule has 0 unspecified atom stereocenters. The summed E-state index contributed by atoms with van der Waals surface area (Å²) in [5.74, 6) is -0.192. The highest BCUT2D eigenvalue weighted by Gasteiger charge is 2.14. The Labute approximate surface area is 125 Å². The summed E-state index contributed by atoms with van der Waals surface area (Å²) in [6.07, 6.45) is 9.33. The molecule has 1 aliphatic rings. The second-order valence-electron chi connectivity index (χ2n) is 5.04. The SMILES string of the molecule is O=C(/C=C\c1ccccc1)NC(=S)NC1CCCCC1.